The Labute approximate surface area is 179 Å². The van der Waals surface area contributed by atoms with Crippen molar-refractivity contribution in [1.82, 2.24) is 9.80 Å². The molecule has 0 aliphatic carbocycles. The number of nitrogens with one attached hydrogen (secondary N) is 1. The molecule has 2 aliphatic heterocycles. The fourth-order valence-corrected chi connectivity index (χ4v) is 4.51. The summed E-state index contributed by atoms with van der Waals surface area (Å²) in [7, 11) is 0. The van der Waals surface area contributed by atoms with E-state index < -0.39 is 5.54 Å². The van der Waals surface area contributed by atoms with Gasteiger partial charge in [0.25, 0.3) is 0 Å². The molecule has 0 aromatic heterocycles. The summed E-state index contributed by atoms with van der Waals surface area (Å²) >= 11 is 0. The normalized spacial score (nSPS) is 22.5. The molecular weight excluding hydrogens is 380 g/mol. The molecule has 0 saturated carbocycles. The number of carbonyl (C=O) groups excluding carboxylic acids is 2. The third-order valence-electron chi connectivity index (χ3n) is 6.07. The predicted octanol–water partition coefficient (Wildman–Crippen LogP) is 1.47. The van der Waals surface area contributed by atoms with E-state index in [0.717, 1.165) is 31.2 Å². The molecule has 2 heterocycles. The average Bonchev–Trinajstić information content (AvgIpc) is 2.93. The van der Waals surface area contributed by atoms with Crippen molar-refractivity contribution in [3.8, 4) is 0 Å². The first-order valence-electron chi connectivity index (χ1n) is 11.0. The summed E-state index contributed by atoms with van der Waals surface area (Å²) in [6.45, 7) is 8.45. The van der Waals surface area contributed by atoms with E-state index in [-0.39, 0.29) is 12.0 Å². The number of nitrogens with zero attached hydrogens (tertiary/aromatic N) is 2. The Kier molecular flexibility index (Phi) is 7.00. The van der Waals surface area contributed by atoms with Crippen molar-refractivity contribution in [2.75, 3.05) is 19.6 Å². The highest BCUT2D eigenvalue weighted by molar-refractivity contribution is 6.01. The van der Waals surface area contributed by atoms with Crippen molar-refractivity contribution in [3.63, 3.8) is 0 Å². The molecule has 7 heteroatoms. The second-order valence-electron chi connectivity index (χ2n) is 9.16. The molecule has 1 unspecified atom stereocenters. The lowest BCUT2D eigenvalue weighted by Gasteiger charge is -2.31. The smallest absolute Gasteiger partial charge is 0.410 e. The Hall–Kier alpha value is -2.57. The topological polar surface area (TPSA) is 89.8 Å². The van der Waals surface area contributed by atoms with Gasteiger partial charge in [0.2, 0.25) is 0 Å². The van der Waals surface area contributed by atoms with E-state index in [9.17, 15) is 9.59 Å². The van der Waals surface area contributed by atoms with Crippen LogP contribution in [0.2, 0.25) is 0 Å². The summed E-state index contributed by atoms with van der Waals surface area (Å²) in [5, 5.41) is 0. The molecule has 2 aliphatic rings. The molecule has 0 radical (unpaired) electrons. The lowest BCUT2D eigenvalue weighted by molar-refractivity contribution is -0.527. The molecule has 2 amide bonds. The van der Waals surface area contributed by atoms with E-state index in [1.54, 1.807) is 9.80 Å². The lowest BCUT2D eigenvalue weighted by Crippen LogP contribution is -2.86. The van der Waals surface area contributed by atoms with Gasteiger partial charge in [0.1, 0.15) is 6.61 Å². The Bertz CT molecular complexity index is 772. The summed E-state index contributed by atoms with van der Waals surface area (Å²) in [5.41, 5.74) is 6.50. The summed E-state index contributed by atoms with van der Waals surface area (Å²) in [6, 6.07) is 9.71. The van der Waals surface area contributed by atoms with Gasteiger partial charge in [0.15, 0.2) is 5.54 Å². The number of carbonyl (C=O) groups is 2. The number of likely N-dealkylation sites (tertiary alicyclic amines) is 1. The zero-order valence-electron chi connectivity index (χ0n) is 18.4. The number of guanidine groups is 1. The number of rotatable bonds is 7. The van der Waals surface area contributed by atoms with Gasteiger partial charge in [0.05, 0.1) is 6.54 Å². The Morgan fingerprint density at radius 1 is 1.27 bits per heavy atom. The quantitative estimate of drug-likeness (QED) is 0.706. The number of hydrogen-bond donors (Lipinski definition) is 2. The minimum Gasteiger partial charge on any atom is -0.445 e. The summed E-state index contributed by atoms with van der Waals surface area (Å²) < 4.78 is 5.43. The van der Waals surface area contributed by atoms with Gasteiger partial charge in [-0.05, 0) is 50.0 Å². The molecular formula is C23H35N4O3+. The molecule has 0 bridgehead atoms. The maximum absolute atomic E-state index is 12.9. The molecule has 1 fully saturated rings. The van der Waals surface area contributed by atoms with Crippen molar-refractivity contribution in [2.24, 2.45) is 17.6 Å². The summed E-state index contributed by atoms with van der Waals surface area (Å²) in [4.78, 5) is 31.9. The number of piperidine rings is 1. The van der Waals surface area contributed by atoms with E-state index >= 15 is 0 Å². The van der Waals surface area contributed by atoms with Crippen LogP contribution in [0.5, 0.6) is 0 Å². The SMILES string of the molecule is CC(C)CC1(C)[NH+]=C(N)N(CCC2CCN(C(=O)OCc3ccccc3)CC2)C1=O. The van der Waals surface area contributed by atoms with Crippen LogP contribution in [0.1, 0.15) is 52.0 Å². The minimum atomic E-state index is -0.607. The van der Waals surface area contributed by atoms with Gasteiger partial charge in [0, 0.05) is 13.1 Å². The second kappa shape index (κ2) is 9.49. The van der Waals surface area contributed by atoms with Crippen molar-refractivity contribution < 1.29 is 19.3 Å². The van der Waals surface area contributed by atoms with Gasteiger partial charge in [-0.15, -0.1) is 0 Å². The number of hydrogen-bond acceptors (Lipinski definition) is 4. The zero-order valence-corrected chi connectivity index (χ0v) is 18.4. The number of amides is 2. The van der Waals surface area contributed by atoms with E-state index in [4.69, 9.17) is 10.5 Å². The van der Waals surface area contributed by atoms with Crippen LogP contribution in [-0.2, 0) is 16.1 Å². The van der Waals surface area contributed by atoms with Crippen molar-refractivity contribution >= 4 is 18.0 Å². The largest absolute Gasteiger partial charge is 0.445 e. The molecule has 1 aromatic rings. The van der Waals surface area contributed by atoms with Crippen LogP contribution >= 0.6 is 0 Å². The number of nitrogens with two attached hydrogens (primary N) is 1. The highest BCUT2D eigenvalue weighted by atomic mass is 16.6. The maximum atomic E-state index is 12.9. The van der Waals surface area contributed by atoms with E-state index in [1.807, 2.05) is 37.3 Å². The van der Waals surface area contributed by atoms with Gasteiger partial charge in [-0.25, -0.2) is 4.79 Å². The standard InChI is InChI=1S/C23H34N4O3/c1-17(2)15-23(3)20(28)27(21(24)25-23)14-11-18-9-12-26(13-10-18)22(29)30-16-19-7-5-4-6-8-19/h4-8,17-18H,9-16H2,1-3H3,(H2,24,25)/p+1. The molecule has 7 nitrogen and oxygen atoms in total. The maximum Gasteiger partial charge on any atom is 0.410 e. The minimum absolute atomic E-state index is 0.0654. The van der Waals surface area contributed by atoms with Crippen LogP contribution < -0.4 is 10.7 Å². The molecule has 164 valence electrons. The Balaban J connectivity index is 1.41. The highest BCUT2D eigenvalue weighted by Crippen LogP contribution is 2.23. The molecule has 1 saturated heterocycles. The molecule has 3 N–H and O–H groups in total. The fourth-order valence-electron chi connectivity index (χ4n) is 4.51. The van der Waals surface area contributed by atoms with Gasteiger partial charge in [-0.2, -0.15) is 4.90 Å². The second-order valence-corrected chi connectivity index (χ2v) is 9.16. The average molecular weight is 416 g/mol. The van der Waals surface area contributed by atoms with Gasteiger partial charge >= 0.3 is 18.0 Å². The number of benzene rings is 1. The van der Waals surface area contributed by atoms with Crippen molar-refractivity contribution in [2.45, 2.75) is 58.6 Å². The Morgan fingerprint density at radius 2 is 1.93 bits per heavy atom. The predicted molar refractivity (Wildman–Crippen MR) is 115 cm³/mol. The lowest BCUT2D eigenvalue weighted by atomic mass is 9.90. The van der Waals surface area contributed by atoms with Crippen molar-refractivity contribution in [3.05, 3.63) is 35.9 Å². The van der Waals surface area contributed by atoms with Crippen LogP contribution in [-0.4, -0.2) is 52.9 Å². The molecule has 30 heavy (non-hydrogen) atoms. The first kappa shape index (κ1) is 22.1. The van der Waals surface area contributed by atoms with Gasteiger partial charge < -0.3 is 9.64 Å². The van der Waals surface area contributed by atoms with Crippen LogP contribution in [0, 0.1) is 11.8 Å². The molecule has 1 aromatic carbocycles. The summed E-state index contributed by atoms with van der Waals surface area (Å²) in [6.07, 6.45) is 3.22. The number of ether oxygens (including phenoxy) is 1. The van der Waals surface area contributed by atoms with Crippen molar-refractivity contribution in [1.29, 1.82) is 0 Å². The molecule has 3 rings (SSSR count). The highest BCUT2D eigenvalue weighted by Gasteiger charge is 2.48. The third-order valence-corrected chi connectivity index (χ3v) is 6.07. The van der Waals surface area contributed by atoms with E-state index in [2.05, 4.69) is 18.8 Å². The van der Waals surface area contributed by atoms with Gasteiger partial charge in [-0.3, -0.25) is 15.5 Å². The van der Waals surface area contributed by atoms with Crippen LogP contribution in [0.25, 0.3) is 0 Å². The van der Waals surface area contributed by atoms with Gasteiger partial charge in [-0.1, -0.05) is 44.2 Å². The van der Waals surface area contributed by atoms with Crippen LogP contribution in [0.15, 0.2) is 30.3 Å². The Morgan fingerprint density at radius 3 is 2.57 bits per heavy atom. The third kappa shape index (κ3) is 5.32. The van der Waals surface area contributed by atoms with E-state index in [1.165, 1.54) is 0 Å². The summed E-state index contributed by atoms with van der Waals surface area (Å²) in [5.74, 6) is 1.41. The molecule has 1 atom stereocenters. The molecule has 0 spiro atoms. The monoisotopic (exact) mass is 415 g/mol. The first-order chi connectivity index (χ1) is 14.3. The van der Waals surface area contributed by atoms with Crippen LogP contribution in [0.4, 0.5) is 4.79 Å². The van der Waals surface area contributed by atoms with E-state index in [0.29, 0.717) is 44.0 Å². The first-order valence-corrected chi connectivity index (χ1v) is 11.0. The zero-order chi connectivity index (χ0) is 21.7. The van der Waals surface area contributed by atoms with Crippen LogP contribution in [0.3, 0.4) is 0 Å². The fraction of sp³-hybridized carbons (Fsp3) is 0.609.